The summed E-state index contributed by atoms with van der Waals surface area (Å²) in [4.78, 5) is 17.6. The van der Waals surface area contributed by atoms with Crippen molar-refractivity contribution in [1.82, 2.24) is 4.98 Å². The van der Waals surface area contributed by atoms with Crippen molar-refractivity contribution < 1.29 is 14.3 Å². The topological polar surface area (TPSA) is 60.5 Å². The molecule has 28 heavy (non-hydrogen) atoms. The van der Waals surface area contributed by atoms with E-state index in [9.17, 15) is 4.79 Å². The maximum atomic E-state index is 13.2. The summed E-state index contributed by atoms with van der Waals surface area (Å²) in [7, 11) is 0. The first-order valence-corrected chi connectivity index (χ1v) is 10.4. The average molecular weight is 387 g/mol. The molecule has 154 valence electrons. The number of hydrogen-bond donors (Lipinski definition) is 1. The molecule has 0 radical (unpaired) electrons. The van der Waals surface area contributed by atoms with Gasteiger partial charge >= 0.3 is 0 Å². The zero-order valence-electron chi connectivity index (χ0n) is 17.9. The number of pyridine rings is 1. The smallest absolute Gasteiger partial charge is 0.256 e. The number of anilines is 1. The molecule has 0 spiro atoms. The summed E-state index contributed by atoms with van der Waals surface area (Å²) in [6.45, 7) is 10.6. The predicted octanol–water partition coefficient (Wildman–Crippen LogP) is 5.73. The molecule has 1 heterocycles. The summed E-state index contributed by atoms with van der Waals surface area (Å²) in [5.74, 6) is 0.608. The third kappa shape index (κ3) is 5.68. The van der Waals surface area contributed by atoms with Crippen molar-refractivity contribution in [3.05, 3.63) is 30.5 Å². The van der Waals surface area contributed by atoms with Gasteiger partial charge in [0.25, 0.3) is 5.91 Å². The van der Waals surface area contributed by atoms with Gasteiger partial charge in [-0.1, -0.05) is 33.1 Å². The minimum absolute atomic E-state index is 0.0509. The summed E-state index contributed by atoms with van der Waals surface area (Å²) in [6.07, 6.45) is 6.54. The quantitative estimate of drug-likeness (QED) is 0.501. The average Bonchev–Trinajstić information content (AvgIpc) is 2.68. The van der Waals surface area contributed by atoms with E-state index in [0.717, 1.165) is 48.0 Å². The maximum absolute atomic E-state index is 13.2. The highest BCUT2D eigenvalue weighted by molar-refractivity contribution is 6.05. The molecular weight excluding hydrogens is 352 g/mol. The fraction of sp³-hybridized carbons (Fsp3) is 0.565. The Balaban J connectivity index is 2.29. The number of benzene rings is 1. The lowest BCUT2D eigenvalue weighted by molar-refractivity contribution is -0.140. The van der Waals surface area contributed by atoms with E-state index in [-0.39, 0.29) is 12.0 Å². The van der Waals surface area contributed by atoms with Crippen LogP contribution in [-0.2, 0) is 9.53 Å². The van der Waals surface area contributed by atoms with Gasteiger partial charge in [0.2, 0.25) is 0 Å². The number of ether oxygens (including phenoxy) is 2. The van der Waals surface area contributed by atoms with Crippen molar-refractivity contribution >= 4 is 22.5 Å². The summed E-state index contributed by atoms with van der Waals surface area (Å²) < 4.78 is 11.9. The van der Waals surface area contributed by atoms with Crippen molar-refractivity contribution in [2.45, 2.75) is 78.4 Å². The molecular formula is C23H34N2O3. The van der Waals surface area contributed by atoms with Gasteiger partial charge in [0, 0.05) is 18.2 Å². The Kier molecular flexibility index (Phi) is 8.24. The van der Waals surface area contributed by atoms with Crippen LogP contribution in [0.1, 0.15) is 66.7 Å². The Morgan fingerprint density at radius 2 is 1.96 bits per heavy atom. The van der Waals surface area contributed by atoms with Gasteiger partial charge < -0.3 is 14.8 Å². The fourth-order valence-corrected chi connectivity index (χ4v) is 3.15. The van der Waals surface area contributed by atoms with E-state index in [4.69, 9.17) is 9.47 Å². The minimum Gasteiger partial charge on any atom is -0.489 e. The molecule has 2 aromatic rings. The Bertz CT molecular complexity index is 776. The lowest BCUT2D eigenvalue weighted by Crippen LogP contribution is -2.43. The van der Waals surface area contributed by atoms with Crippen molar-refractivity contribution in [1.29, 1.82) is 0 Å². The highest BCUT2D eigenvalue weighted by atomic mass is 16.5. The Labute approximate surface area is 168 Å². The molecule has 5 nitrogen and oxygen atoms in total. The van der Waals surface area contributed by atoms with Crippen LogP contribution in [0.25, 0.3) is 10.9 Å². The zero-order valence-corrected chi connectivity index (χ0v) is 17.9. The van der Waals surface area contributed by atoms with Gasteiger partial charge in [-0.2, -0.15) is 0 Å². The van der Waals surface area contributed by atoms with Crippen molar-refractivity contribution in [3.8, 4) is 5.75 Å². The van der Waals surface area contributed by atoms with E-state index < -0.39 is 5.60 Å². The van der Waals surface area contributed by atoms with E-state index >= 15 is 0 Å². The second-order valence-corrected chi connectivity index (χ2v) is 7.67. The summed E-state index contributed by atoms with van der Waals surface area (Å²) in [5.41, 5.74) is 0.634. The molecule has 0 aliphatic rings. The number of carbonyl (C=O) groups is 1. The number of rotatable bonds is 11. The number of nitrogens with zero attached hydrogens (tertiary/aromatic N) is 1. The van der Waals surface area contributed by atoms with Gasteiger partial charge in [0.1, 0.15) is 16.9 Å². The molecule has 0 aliphatic carbocycles. The van der Waals surface area contributed by atoms with E-state index in [1.54, 1.807) is 6.20 Å². The number of hydrogen-bond acceptors (Lipinski definition) is 4. The largest absolute Gasteiger partial charge is 0.489 e. The standard InChI is InChI=1S/C23H34N2O3/c1-6-8-9-14-23(5,27-16-7-2)22(26)25-19-12-13-20(28-17(3)4)21-18(19)11-10-15-24-21/h10-13,15,17H,6-9,14,16H2,1-5H3,(H,25,26). The monoisotopic (exact) mass is 386 g/mol. The van der Waals surface area contributed by atoms with Crippen LogP contribution in [0, 0.1) is 0 Å². The van der Waals surface area contributed by atoms with Gasteiger partial charge in [0.15, 0.2) is 0 Å². The summed E-state index contributed by atoms with van der Waals surface area (Å²) in [6, 6.07) is 7.57. The zero-order chi connectivity index (χ0) is 20.6. The van der Waals surface area contributed by atoms with E-state index in [1.807, 2.05) is 45.0 Å². The molecule has 5 heteroatoms. The summed E-state index contributed by atoms with van der Waals surface area (Å²) in [5, 5.41) is 3.94. The van der Waals surface area contributed by atoms with Crippen LogP contribution < -0.4 is 10.1 Å². The fourth-order valence-electron chi connectivity index (χ4n) is 3.15. The lowest BCUT2D eigenvalue weighted by atomic mass is 9.96. The van der Waals surface area contributed by atoms with Crippen molar-refractivity contribution in [3.63, 3.8) is 0 Å². The van der Waals surface area contributed by atoms with E-state index in [0.29, 0.717) is 13.0 Å². The first-order chi connectivity index (χ1) is 13.4. The Morgan fingerprint density at radius 1 is 1.18 bits per heavy atom. The number of unbranched alkanes of at least 4 members (excludes halogenated alkanes) is 2. The third-order valence-corrected chi connectivity index (χ3v) is 4.71. The van der Waals surface area contributed by atoms with Crippen LogP contribution in [0.3, 0.4) is 0 Å². The van der Waals surface area contributed by atoms with Gasteiger partial charge in [-0.15, -0.1) is 0 Å². The van der Waals surface area contributed by atoms with Crippen LogP contribution in [0.2, 0.25) is 0 Å². The molecule has 1 unspecified atom stereocenters. The van der Waals surface area contributed by atoms with E-state index in [1.165, 1.54) is 0 Å². The third-order valence-electron chi connectivity index (χ3n) is 4.71. The first kappa shape index (κ1) is 22.2. The predicted molar refractivity (Wildman–Crippen MR) is 115 cm³/mol. The maximum Gasteiger partial charge on any atom is 0.256 e. The van der Waals surface area contributed by atoms with Gasteiger partial charge in [0.05, 0.1) is 11.8 Å². The molecule has 0 saturated heterocycles. The van der Waals surface area contributed by atoms with Gasteiger partial charge in [-0.3, -0.25) is 9.78 Å². The number of carbonyl (C=O) groups excluding carboxylic acids is 1. The molecule has 2 rings (SSSR count). The normalized spacial score (nSPS) is 13.5. The van der Waals surface area contributed by atoms with Crippen LogP contribution in [0.4, 0.5) is 5.69 Å². The van der Waals surface area contributed by atoms with Crippen molar-refractivity contribution in [2.75, 3.05) is 11.9 Å². The molecule has 0 fully saturated rings. The van der Waals surface area contributed by atoms with Crippen LogP contribution in [0.5, 0.6) is 5.75 Å². The molecule has 1 atom stereocenters. The SMILES string of the molecule is CCCCCC(C)(OCCC)C(=O)Nc1ccc(OC(C)C)c2ncccc12. The van der Waals surface area contributed by atoms with Crippen molar-refractivity contribution in [2.24, 2.45) is 0 Å². The molecule has 1 aromatic heterocycles. The molecule has 1 aromatic carbocycles. The lowest BCUT2D eigenvalue weighted by Gasteiger charge is -2.29. The first-order valence-electron chi connectivity index (χ1n) is 10.4. The van der Waals surface area contributed by atoms with Crippen LogP contribution in [-0.4, -0.2) is 29.2 Å². The molecule has 0 bridgehead atoms. The van der Waals surface area contributed by atoms with Gasteiger partial charge in [-0.05, 0) is 57.9 Å². The molecule has 1 amide bonds. The highest BCUT2D eigenvalue weighted by Crippen LogP contribution is 2.32. The second-order valence-electron chi connectivity index (χ2n) is 7.67. The Morgan fingerprint density at radius 3 is 2.64 bits per heavy atom. The summed E-state index contributed by atoms with van der Waals surface area (Å²) >= 11 is 0. The minimum atomic E-state index is -0.840. The number of amides is 1. The number of nitrogens with one attached hydrogen (secondary N) is 1. The highest BCUT2D eigenvalue weighted by Gasteiger charge is 2.34. The molecule has 1 N–H and O–H groups in total. The molecule has 0 saturated carbocycles. The number of fused-ring (bicyclic) bond motifs is 1. The van der Waals surface area contributed by atoms with E-state index in [2.05, 4.69) is 24.1 Å². The van der Waals surface area contributed by atoms with Gasteiger partial charge in [-0.25, -0.2) is 0 Å². The second kappa shape index (κ2) is 10.4. The van der Waals surface area contributed by atoms with Crippen LogP contribution in [0.15, 0.2) is 30.5 Å². The number of aromatic nitrogens is 1. The van der Waals surface area contributed by atoms with Crippen LogP contribution >= 0.6 is 0 Å². The molecule has 0 aliphatic heterocycles. The Hall–Kier alpha value is -2.14.